The molecule has 0 aliphatic carbocycles. The van der Waals surface area contributed by atoms with Gasteiger partial charge < -0.3 is 15.1 Å². The summed E-state index contributed by atoms with van der Waals surface area (Å²) >= 11 is 12.2. The number of halogens is 2. The lowest BCUT2D eigenvalue weighted by atomic mass is 10.1. The van der Waals surface area contributed by atoms with Gasteiger partial charge in [-0.15, -0.1) is 0 Å². The highest BCUT2D eigenvalue weighted by atomic mass is 35.5. The van der Waals surface area contributed by atoms with Gasteiger partial charge in [-0.2, -0.15) is 0 Å². The summed E-state index contributed by atoms with van der Waals surface area (Å²) in [6.07, 6.45) is 0.763. The van der Waals surface area contributed by atoms with Crippen molar-refractivity contribution in [2.75, 3.05) is 49.1 Å². The van der Waals surface area contributed by atoms with Crippen LogP contribution in [0.25, 0.3) is 0 Å². The van der Waals surface area contributed by atoms with E-state index in [4.69, 9.17) is 23.2 Å². The van der Waals surface area contributed by atoms with Crippen molar-refractivity contribution in [3.8, 4) is 0 Å². The first-order valence-corrected chi connectivity index (χ1v) is 17.0. The largest absolute Gasteiger partial charge is 0.369 e. The number of hydrogen-bond acceptors (Lipinski definition) is 6. The highest BCUT2D eigenvalue weighted by Gasteiger charge is 2.36. The summed E-state index contributed by atoms with van der Waals surface area (Å²) in [5.41, 5.74) is 2.41. The van der Waals surface area contributed by atoms with E-state index in [1.807, 2.05) is 18.2 Å². The van der Waals surface area contributed by atoms with Crippen LogP contribution in [0.4, 0.5) is 11.4 Å². The van der Waals surface area contributed by atoms with Crippen molar-refractivity contribution < 1.29 is 18.0 Å². The maximum Gasteiger partial charge on any atom is 0.259 e. The molecule has 2 heterocycles. The van der Waals surface area contributed by atoms with E-state index >= 15 is 0 Å². The molecule has 2 aliphatic rings. The summed E-state index contributed by atoms with van der Waals surface area (Å²) in [5, 5.41) is 4.24. The van der Waals surface area contributed by atoms with E-state index in [9.17, 15) is 18.0 Å². The van der Waals surface area contributed by atoms with Crippen molar-refractivity contribution in [3.05, 3.63) is 118 Å². The number of carbonyl (C=O) groups excluding carboxylic acids is 2. The molecule has 2 aliphatic heterocycles. The third-order valence-electron chi connectivity index (χ3n) is 8.19. The number of fused-ring (bicyclic) bond motifs is 2. The molecule has 0 atom stereocenters. The van der Waals surface area contributed by atoms with Crippen LogP contribution in [0.1, 0.15) is 32.7 Å². The number of sulfone groups is 1. The van der Waals surface area contributed by atoms with E-state index in [0.29, 0.717) is 11.6 Å². The molecule has 232 valence electrons. The van der Waals surface area contributed by atoms with Crippen LogP contribution in [-0.2, 0) is 16.4 Å². The Bertz CT molecular complexity index is 1840. The maximum absolute atomic E-state index is 13.8. The lowest BCUT2D eigenvalue weighted by Gasteiger charge is -2.36. The second kappa shape index (κ2) is 13.2. The second-order valence-electron chi connectivity index (χ2n) is 11.1. The summed E-state index contributed by atoms with van der Waals surface area (Å²) in [7, 11) is -4.03. The fraction of sp³-hybridized carbons (Fsp3) is 0.235. The first-order chi connectivity index (χ1) is 21.7. The van der Waals surface area contributed by atoms with Crippen molar-refractivity contribution in [2.24, 2.45) is 0 Å². The quantitative estimate of drug-likeness (QED) is 0.235. The van der Waals surface area contributed by atoms with Gasteiger partial charge >= 0.3 is 0 Å². The normalized spacial score (nSPS) is 16.1. The van der Waals surface area contributed by atoms with Crippen molar-refractivity contribution in [2.45, 2.75) is 22.8 Å². The van der Waals surface area contributed by atoms with Gasteiger partial charge in [0.05, 0.1) is 27.6 Å². The average Bonchev–Trinajstić information content (AvgIpc) is 3.12. The summed E-state index contributed by atoms with van der Waals surface area (Å²) < 4.78 is 27.5. The van der Waals surface area contributed by atoms with E-state index in [0.717, 1.165) is 55.4 Å². The molecule has 0 radical (unpaired) electrons. The van der Waals surface area contributed by atoms with E-state index in [2.05, 4.69) is 21.2 Å². The third-order valence-corrected chi connectivity index (χ3v) is 10.5. The van der Waals surface area contributed by atoms with Crippen molar-refractivity contribution in [3.63, 3.8) is 0 Å². The Morgan fingerprint density at radius 3 is 2.31 bits per heavy atom. The molecule has 0 unspecified atom stereocenters. The maximum atomic E-state index is 13.8. The van der Waals surface area contributed by atoms with Crippen LogP contribution in [0.2, 0.25) is 10.0 Å². The van der Waals surface area contributed by atoms with E-state index in [-0.39, 0.29) is 39.1 Å². The molecule has 0 saturated carbocycles. The van der Waals surface area contributed by atoms with Gasteiger partial charge in [0.15, 0.2) is 0 Å². The molecule has 0 bridgehead atoms. The van der Waals surface area contributed by atoms with Crippen LogP contribution in [0, 0.1) is 0 Å². The highest BCUT2D eigenvalue weighted by molar-refractivity contribution is 7.91. The first kappa shape index (κ1) is 31.1. The summed E-state index contributed by atoms with van der Waals surface area (Å²) in [4.78, 5) is 33.1. The summed E-state index contributed by atoms with van der Waals surface area (Å²) in [5.74, 6) is -0.794. The topological polar surface area (TPSA) is 90.0 Å². The number of anilines is 2. The predicted molar refractivity (Wildman–Crippen MR) is 177 cm³/mol. The van der Waals surface area contributed by atoms with Gasteiger partial charge in [0, 0.05) is 54.0 Å². The number of carbonyl (C=O) groups is 2. The minimum Gasteiger partial charge on any atom is -0.369 e. The predicted octanol–water partition coefficient (Wildman–Crippen LogP) is 5.93. The van der Waals surface area contributed by atoms with Crippen molar-refractivity contribution in [1.82, 2.24) is 10.2 Å². The summed E-state index contributed by atoms with van der Waals surface area (Å²) in [6, 6.07) is 25.5. The molecule has 8 nitrogen and oxygen atoms in total. The Balaban J connectivity index is 1.14. The molecule has 1 saturated heterocycles. The van der Waals surface area contributed by atoms with Gasteiger partial charge in [0.1, 0.15) is 0 Å². The Morgan fingerprint density at radius 2 is 1.56 bits per heavy atom. The molecule has 6 rings (SSSR count). The number of rotatable bonds is 8. The Labute approximate surface area is 273 Å². The standard InChI is InChI=1S/C34H32Cl2N4O4S/c35-26-12-9-24(10-13-26)23-40-30-21-25(11-14-32(30)45(43,44)31-8-2-1-7-29(31)34(40)42)33(41)37-15-4-16-38-17-19-39(20-18-38)28-6-3-5-27(36)22-28/h1-3,5-14,21-22H,4,15-20,23H2,(H,37,41). The van der Waals surface area contributed by atoms with Crippen LogP contribution < -0.4 is 15.1 Å². The SMILES string of the molecule is O=C(NCCCN1CCN(c2cccc(Cl)c2)CC1)c1ccc2c(c1)N(Cc1ccc(Cl)cc1)C(=O)c1ccccc1S2(=O)=O. The van der Waals surface area contributed by atoms with Crippen LogP contribution in [0.15, 0.2) is 101 Å². The smallest absolute Gasteiger partial charge is 0.259 e. The van der Waals surface area contributed by atoms with Crippen LogP contribution >= 0.6 is 23.2 Å². The minimum absolute atomic E-state index is 0.0248. The van der Waals surface area contributed by atoms with Gasteiger partial charge in [-0.25, -0.2) is 8.42 Å². The van der Waals surface area contributed by atoms with E-state index in [1.54, 1.807) is 36.4 Å². The van der Waals surface area contributed by atoms with Gasteiger partial charge in [-0.1, -0.05) is 53.5 Å². The molecule has 0 spiro atoms. The third kappa shape index (κ3) is 6.72. The van der Waals surface area contributed by atoms with E-state index < -0.39 is 15.7 Å². The number of amides is 2. The lowest BCUT2D eigenvalue weighted by molar-refractivity contribution is 0.0948. The second-order valence-corrected chi connectivity index (χ2v) is 13.9. The summed E-state index contributed by atoms with van der Waals surface area (Å²) in [6.45, 7) is 5.04. The van der Waals surface area contributed by atoms with Gasteiger partial charge in [0.25, 0.3) is 11.8 Å². The zero-order valence-electron chi connectivity index (χ0n) is 24.5. The Kier molecular flexibility index (Phi) is 9.14. The molecular weight excluding hydrogens is 631 g/mol. The van der Waals surface area contributed by atoms with Gasteiger partial charge in [0.2, 0.25) is 9.84 Å². The Hall–Kier alpha value is -3.89. The molecule has 1 N–H and O–H groups in total. The fourth-order valence-corrected chi connectivity index (χ4v) is 7.73. The zero-order valence-corrected chi connectivity index (χ0v) is 26.8. The molecule has 1 fully saturated rings. The Morgan fingerprint density at radius 1 is 0.800 bits per heavy atom. The van der Waals surface area contributed by atoms with Crippen molar-refractivity contribution in [1.29, 1.82) is 0 Å². The molecular formula is C34H32Cl2N4O4S. The number of piperazine rings is 1. The number of nitrogens with zero attached hydrogens (tertiary/aromatic N) is 3. The van der Waals surface area contributed by atoms with Gasteiger partial charge in [-0.05, 0) is 79.2 Å². The molecule has 0 aromatic heterocycles. The fourth-order valence-electron chi connectivity index (χ4n) is 5.79. The zero-order chi connectivity index (χ0) is 31.6. The highest BCUT2D eigenvalue weighted by Crippen LogP contribution is 2.38. The lowest BCUT2D eigenvalue weighted by Crippen LogP contribution is -2.47. The van der Waals surface area contributed by atoms with Crippen LogP contribution in [0.3, 0.4) is 0 Å². The number of hydrogen-bond donors (Lipinski definition) is 1. The molecule has 45 heavy (non-hydrogen) atoms. The molecule has 4 aromatic rings. The first-order valence-electron chi connectivity index (χ1n) is 14.8. The number of benzene rings is 4. The van der Waals surface area contributed by atoms with E-state index in [1.165, 1.54) is 35.2 Å². The monoisotopic (exact) mass is 662 g/mol. The van der Waals surface area contributed by atoms with Crippen LogP contribution in [-0.4, -0.2) is 64.4 Å². The average molecular weight is 664 g/mol. The van der Waals surface area contributed by atoms with Crippen molar-refractivity contribution >= 4 is 56.2 Å². The van der Waals surface area contributed by atoms with Gasteiger partial charge in [-0.3, -0.25) is 14.5 Å². The molecule has 11 heteroatoms. The van der Waals surface area contributed by atoms with Crippen LogP contribution in [0.5, 0.6) is 0 Å². The molecule has 4 aromatic carbocycles. The number of nitrogens with one attached hydrogen (secondary N) is 1. The minimum atomic E-state index is -4.03. The molecule has 2 amide bonds.